The van der Waals surface area contributed by atoms with Gasteiger partial charge in [0.2, 0.25) is 5.91 Å². The van der Waals surface area contributed by atoms with Crippen molar-refractivity contribution in [1.29, 1.82) is 0 Å². The van der Waals surface area contributed by atoms with Gasteiger partial charge >= 0.3 is 5.97 Å². The van der Waals surface area contributed by atoms with E-state index in [1.807, 2.05) is 0 Å². The number of nitrogens with zero attached hydrogens (tertiary/aromatic N) is 3. The van der Waals surface area contributed by atoms with E-state index in [-0.39, 0.29) is 5.91 Å². The second-order valence-electron chi connectivity index (χ2n) is 6.77. The Hall–Kier alpha value is -1.98. The van der Waals surface area contributed by atoms with Gasteiger partial charge in [-0.15, -0.1) is 0 Å². The van der Waals surface area contributed by atoms with E-state index in [1.54, 1.807) is 11.1 Å². The Morgan fingerprint density at radius 1 is 1.25 bits per heavy atom. The fraction of sp³-hybridized carbons (Fsp3) is 0.667. The fourth-order valence-corrected chi connectivity index (χ4v) is 3.87. The molecule has 0 N–H and O–H groups in total. The first-order chi connectivity index (χ1) is 11.7. The van der Waals surface area contributed by atoms with E-state index in [0.717, 1.165) is 12.1 Å². The molecule has 0 saturated heterocycles. The van der Waals surface area contributed by atoms with Crippen LogP contribution in [-0.4, -0.2) is 33.9 Å². The van der Waals surface area contributed by atoms with E-state index in [0.29, 0.717) is 24.4 Å². The molecule has 2 aliphatic rings. The molecular weight excluding hydrogens is 306 g/mol. The minimum atomic E-state index is -0.701. The lowest BCUT2D eigenvalue weighted by atomic mass is 9.94. The summed E-state index contributed by atoms with van der Waals surface area (Å²) in [7, 11) is 1.35. The van der Waals surface area contributed by atoms with E-state index < -0.39 is 12.0 Å². The zero-order valence-electron chi connectivity index (χ0n) is 14.2. The van der Waals surface area contributed by atoms with E-state index in [1.165, 1.54) is 52.0 Å². The van der Waals surface area contributed by atoms with Crippen LogP contribution in [0.15, 0.2) is 12.5 Å². The number of fused-ring (bicyclic) bond motifs is 1. The molecule has 1 atom stereocenters. The largest absolute Gasteiger partial charge is 0.467 e. The van der Waals surface area contributed by atoms with Gasteiger partial charge in [-0.2, -0.15) is 0 Å². The summed E-state index contributed by atoms with van der Waals surface area (Å²) in [5.74, 6) is 0.219. The van der Waals surface area contributed by atoms with Gasteiger partial charge in [-0.1, -0.05) is 38.5 Å². The summed E-state index contributed by atoms with van der Waals surface area (Å²) in [5, 5.41) is 0. The van der Waals surface area contributed by atoms with E-state index in [9.17, 15) is 9.59 Å². The minimum Gasteiger partial charge on any atom is -0.467 e. The van der Waals surface area contributed by atoms with Crippen LogP contribution in [0.3, 0.4) is 0 Å². The SMILES string of the molecule is COC(=O)C1c2cncnc2CN1C(=O)CCC1CCCCCC1. The summed E-state index contributed by atoms with van der Waals surface area (Å²) in [6.07, 6.45) is 12.1. The normalized spacial score (nSPS) is 21.2. The van der Waals surface area contributed by atoms with Crippen molar-refractivity contribution >= 4 is 11.9 Å². The fourth-order valence-electron chi connectivity index (χ4n) is 3.87. The quantitative estimate of drug-likeness (QED) is 0.626. The van der Waals surface area contributed by atoms with Crippen LogP contribution in [0.25, 0.3) is 0 Å². The number of methoxy groups -OCH3 is 1. The van der Waals surface area contributed by atoms with Crippen molar-refractivity contribution in [3.63, 3.8) is 0 Å². The molecule has 0 bridgehead atoms. The maximum atomic E-state index is 12.7. The average Bonchev–Trinajstić information content (AvgIpc) is 2.80. The Labute approximate surface area is 142 Å². The summed E-state index contributed by atoms with van der Waals surface area (Å²) < 4.78 is 4.89. The van der Waals surface area contributed by atoms with Crippen molar-refractivity contribution in [3.05, 3.63) is 23.8 Å². The first-order valence-corrected chi connectivity index (χ1v) is 8.86. The number of carbonyl (C=O) groups is 2. The lowest BCUT2D eigenvalue weighted by Gasteiger charge is -2.24. The summed E-state index contributed by atoms with van der Waals surface area (Å²) in [6, 6.07) is -0.701. The van der Waals surface area contributed by atoms with Crippen LogP contribution in [-0.2, 0) is 20.9 Å². The molecule has 1 aliphatic carbocycles. The summed E-state index contributed by atoms with van der Waals surface area (Å²) in [4.78, 5) is 34.7. The van der Waals surface area contributed by atoms with Gasteiger partial charge in [-0.3, -0.25) is 4.79 Å². The van der Waals surface area contributed by atoms with Crippen molar-refractivity contribution in [2.24, 2.45) is 5.92 Å². The van der Waals surface area contributed by atoms with Gasteiger partial charge in [0.25, 0.3) is 0 Å². The standard InChI is InChI=1S/C18H25N3O3/c1-24-18(23)17-14-10-19-12-20-15(14)11-21(17)16(22)9-8-13-6-4-2-3-5-7-13/h10,12-13,17H,2-9,11H2,1H3. The summed E-state index contributed by atoms with van der Waals surface area (Å²) in [5.41, 5.74) is 1.43. The molecule has 1 aromatic heterocycles. The highest BCUT2D eigenvalue weighted by Gasteiger charge is 2.40. The Morgan fingerprint density at radius 3 is 2.71 bits per heavy atom. The topological polar surface area (TPSA) is 72.4 Å². The van der Waals surface area contributed by atoms with Crippen molar-refractivity contribution in [2.75, 3.05) is 7.11 Å². The molecule has 1 aliphatic heterocycles. The van der Waals surface area contributed by atoms with E-state index >= 15 is 0 Å². The molecule has 6 nitrogen and oxygen atoms in total. The molecule has 130 valence electrons. The zero-order chi connectivity index (χ0) is 16.9. The first kappa shape index (κ1) is 16.9. The molecular formula is C18H25N3O3. The molecule has 6 heteroatoms. The Balaban J connectivity index is 1.66. The number of aromatic nitrogens is 2. The molecule has 1 amide bonds. The van der Waals surface area contributed by atoms with Gasteiger partial charge in [0.15, 0.2) is 6.04 Å². The average molecular weight is 331 g/mol. The molecule has 24 heavy (non-hydrogen) atoms. The van der Waals surface area contributed by atoms with Crippen LogP contribution >= 0.6 is 0 Å². The third kappa shape index (κ3) is 3.57. The van der Waals surface area contributed by atoms with Crippen LogP contribution in [0.5, 0.6) is 0 Å². The highest BCUT2D eigenvalue weighted by atomic mass is 16.5. The predicted octanol–water partition coefficient (Wildman–Crippen LogP) is 2.78. The molecule has 0 spiro atoms. The van der Waals surface area contributed by atoms with Crippen molar-refractivity contribution in [3.8, 4) is 0 Å². The second kappa shape index (κ2) is 7.73. The number of hydrogen-bond donors (Lipinski definition) is 0. The summed E-state index contributed by atoms with van der Waals surface area (Å²) >= 11 is 0. The maximum Gasteiger partial charge on any atom is 0.333 e. The predicted molar refractivity (Wildman–Crippen MR) is 87.8 cm³/mol. The Kier molecular flexibility index (Phi) is 5.43. The summed E-state index contributed by atoms with van der Waals surface area (Å²) in [6.45, 7) is 0.362. The lowest BCUT2D eigenvalue weighted by Crippen LogP contribution is -2.34. The van der Waals surface area contributed by atoms with Crippen molar-refractivity contribution in [2.45, 2.75) is 64.0 Å². The molecule has 0 radical (unpaired) electrons. The minimum absolute atomic E-state index is 0.00708. The number of hydrogen-bond acceptors (Lipinski definition) is 5. The Morgan fingerprint density at radius 2 is 2.00 bits per heavy atom. The highest BCUT2D eigenvalue weighted by Crippen LogP contribution is 2.34. The maximum absolute atomic E-state index is 12.7. The number of rotatable bonds is 4. The third-order valence-electron chi connectivity index (χ3n) is 5.24. The smallest absolute Gasteiger partial charge is 0.333 e. The van der Waals surface area contributed by atoms with Crippen molar-refractivity contribution < 1.29 is 14.3 Å². The van der Waals surface area contributed by atoms with Crippen LogP contribution in [0.2, 0.25) is 0 Å². The van der Waals surface area contributed by atoms with Gasteiger partial charge in [0.1, 0.15) is 6.33 Å². The van der Waals surface area contributed by atoms with Crippen LogP contribution in [0.4, 0.5) is 0 Å². The number of ether oxygens (including phenoxy) is 1. The lowest BCUT2D eigenvalue weighted by molar-refractivity contribution is -0.152. The van der Waals surface area contributed by atoms with Gasteiger partial charge in [0.05, 0.1) is 19.3 Å². The molecule has 3 rings (SSSR count). The molecule has 2 heterocycles. The molecule has 1 unspecified atom stereocenters. The Bertz CT molecular complexity index is 597. The van der Waals surface area contributed by atoms with Gasteiger partial charge in [0, 0.05) is 18.2 Å². The molecule has 1 aromatic rings. The molecule has 0 aromatic carbocycles. The zero-order valence-corrected chi connectivity index (χ0v) is 14.2. The van der Waals surface area contributed by atoms with Crippen LogP contribution in [0, 0.1) is 5.92 Å². The first-order valence-electron chi connectivity index (χ1n) is 8.86. The number of carbonyl (C=O) groups excluding carboxylic acids is 2. The van der Waals surface area contributed by atoms with Gasteiger partial charge < -0.3 is 9.64 Å². The molecule has 1 fully saturated rings. The third-order valence-corrected chi connectivity index (χ3v) is 5.24. The van der Waals surface area contributed by atoms with Crippen LogP contribution < -0.4 is 0 Å². The number of amides is 1. The van der Waals surface area contributed by atoms with Crippen LogP contribution in [0.1, 0.15) is 68.7 Å². The highest BCUT2D eigenvalue weighted by molar-refractivity contribution is 5.87. The number of esters is 1. The van der Waals surface area contributed by atoms with Gasteiger partial charge in [-0.25, -0.2) is 14.8 Å². The van der Waals surface area contributed by atoms with E-state index in [2.05, 4.69) is 9.97 Å². The second-order valence-corrected chi connectivity index (χ2v) is 6.77. The molecule has 1 saturated carbocycles. The monoisotopic (exact) mass is 331 g/mol. The van der Waals surface area contributed by atoms with Gasteiger partial charge in [-0.05, 0) is 12.3 Å². The van der Waals surface area contributed by atoms with E-state index in [4.69, 9.17) is 4.74 Å². The van der Waals surface area contributed by atoms with Crippen molar-refractivity contribution in [1.82, 2.24) is 14.9 Å².